The van der Waals surface area contributed by atoms with Gasteiger partial charge in [-0.2, -0.15) is 0 Å². The zero-order valence-corrected chi connectivity index (χ0v) is 12.7. The highest BCUT2D eigenvalue weighted by molar-refractivity contribution is 5.36. The van der Waals surface area contributed by atoms with Crippen molar-refractivity contribution in [1.82, 2.24) is 5.32 Å². The van der Waals surface area contributed by atoms with E-state index in [4.69, 9.17) is 9.47 Å². The van der Waals surface area contributed by atoms with Crippen LogP contribution in [0, 0.1) is 0 Å². The first-order chi connectivity index (χ1) is 9.85. The predicted octanol–water partition coefficient (Wildman–Crippen LogP) is 3.70. The highest BCUT2D eigenvalue weighted by Crippen LogP contribution is 2.27. The molecule has 0 saturated heterocycles. The molecule has 112 valence electrons. The zero-order valence-electron chi connectivity index (χ0n) is 12.7. The van der Waals surface area contributed by atoms with Crippen LogP contribution in [0.15, 0.2) is 24.3 Å². The molecule has 1 aliphatic rings. The fourth-order valence-electron chi connectivity index (χ4n) is 2.82. The van der Waals surface area contributed by atoms with Crippen molar-refractivity contribution in [2.24, 2.45) is 0 Å². The molecule has 1 N–H and O–H groups in total. The quantitative estimate of drug-likeness (QED) is 0.786. The van der Waals surface area contributed by atoms with Crippen LogP contribution in [0.4, 0.5) is 0 Å². The van der Waals surface area contributed by atoms with Gasteiger partial charge in [0.05, 0.1) is 25.9 Å². The van der Waals surface area contributed by atoms with Crippen LogP contribution in [-0.4, -0.2) is 26.4 Å². The zero-order chi connectivity index (χ0) is 14.2. The smallest absolute Gasteiger partial charge is 0.123 e. The van der Waals surface area contributed by atoms with E-state index in [0.29, 0.717) is 6.10 Å². The number of methoxy groups -OCH3 is 1. The maximum Gasteiger partial charge on any atom is 0.123 e. The molecule has 1 aromatic carbocycles. The molecule has 0 amide bonds. The van der Waals surface area contributed by atoms with E-state index in [2.05, 4.69) is 24.4 Å². The van der Waals surface area contributed by atoms with Gasteiger partial charge in [-0.05, 0) is 31.9 Å². The van der Waals surface area contributed by atoms with Crippen molar-refractivity contribution in [2.75, 3.05) is 20.3 Å². The lowest BCUT2D eigenvalue weighted by Gasteiger charge is -2.23. The number of benzene rings is 1. The van der Waals surface area contributed by atoms with Gasteiger partial charge in [0.25, 0.3) is 0 Å². The lowest BCUT2D eigenvalue weighted by Crippen LogP contribution is -2.28. The van der Waals surface area contributed by atoms with E-state index in [1.165, 1.54) is 31.2 Å². The van der Waals surface area contributed by atoms with Gasteiger partial charge in [0.1, 0.15) is 5.75 Å². The van der Waals surface area contributed by atoms with Crippen molar-refractivity contribution < 1.29 is 9.47 Å². The van der Waals surface area contributed by atoms with E-state index in [9.17, 15) is 0 Å². The van der Waals surface area contributed by atoms with Crippen molar-refractivity contribution in [3.8, 4) is 5.75 Å². The van der Waals surface area contributed by atoms with Gasteiger partial charge in [-0.15, -0.1) is 0 Å². The van der Waals surface area contributed by atoms with Gasteiger partial charge in [-0.3, -0.25) is 0 Å². The van der Waals surface area contributed by atoms with Gasteiger partial charge in [0, 0.05) is 5.56 Å². The lowest BCUT2D eigenvalue weighted by atomic mass is 10.1. The summed E-state index contributed by atoms with van der Waals surface area (Å²) in [5.41, 5.74) is 1.20. The molecule has 0 radical (unpaired) electrons. The molecular formula is C17H27NO2. The topological polar surface area (TPSA) is 30.5 Å². The third kappa shape index (κ3) is 4.22. The molecule has 0 bridgehead atoms. The molecule has 1 aliphatic carbocycles. The van der Waals surface area contributed by atoms with Crippen LogP contribution in [0.5, 0.6) is 5.75 Å². The summed E-state index contributed by atoms with van der Waals surface area (Å²) < 4.78 is 11.6. The van der Waals surface area contributed by atoms with E-state index in [-0.39, 0.29) is 6.04 Å². The van der Waals surface area contributed by atoms with Gasteiger partial charge in [-0.25, -0.2) is 0 Å². The second kappa shape index (κ2) is 8.28. The summed E-state index contributed by atoms with van der Waals surface area (Å²) in [4.78, 5) is 0. The van der Waals surface area contributed by atoms with Crippen LogP contribution < -0.4 is 10.1 Å². The minimum absolute atomic E-state index is 0.215. The fraction of sp³-hybridized carbons (Fsp3) is 0.647. The number of ether oxygens (including phenoxy) is 2. The van der Waals surface area contributed by atoms with Gasteiger partial charge >= 0.3 is 0 Å². The van der Waals surface area contributed by atoms with Crippen molar-refractivity contribution in [3.63, 3.8) is 0 Å². The molecule has 0 heterocycles. The average Bonchev–Trinajstić information content (AvgIpc) is 3.01. The summed E-state index contributed by atoms with van der Waals surface area (Å²) in [7, 11) is 1.73. The minimum atomic E-state index is 0.215. The molecule has 1 atom stereocenters. The maximum absolute atomic E-state index is 6.10. The summed E-state index contributed by atoms with van der Waals surface area (Å²) in [5, 5.41) is 3.58. The third-order valence-corrected chi connectivity index (χ3v) is 3.96. The Labute approximate surface area is 122 Å². The number of nitrogens with one attached hydrogen (secondary N) is 1. The van der Waals surface area contributed by atoms with Gasteiger partial charge < -0.3 is 14.8 Å². The molecule has 20 heavy (non-hydrogen) atoms. The highest BCUT2D eigenvalue weighted by Gasteiger charge is 2.20. The molecule has 1 unspecified atom stereocenters. The molecule has 1 fully saturated rings. The fourth-order valence-corrected chi connectivity index (χ4v) is 2.82. The Bertz CT molecular complexity index is 388. The Hall–Kier alpha value is -1.06. The van der Waals surface area contributed by atoms with Crippen LogP contribution in [0.2, 0.25) is 0 Å². The molecule has 0 aliphatic heterocycles. The summed E-state index contributed by atoms with van der Waals surface area (Å²) in [5.74, 6) is 0.941. The van der Waals surface area contributed by atoms with Gasteiger partial charge in [0.15, 0.2) is 0 Å². The second-order valence-corrected chi connectivity index (χ2v) is 5.49. The summed E-state index contributed by atoms with van der Waals surface area (Å²) in [6, 6.07) is 8.44. The maximum atomic E-state index is 6.10. The van der Waals surface area contributed by atoms with Crippen LogP contribution in [0.25, 0.3) is 0 Å². The van der Waals surface area contributed by atoms with E-state index in [0.717, 1.165) is 25.3 Å². The largest absolute Gasteiger partial charge is 0.496 e. The van der Waals surface area contributed by atoms with E-state index in [1.54, 1.807) is 7.11 Å². The first-order valence-electron chi connectivity index (χ1n) is 7.83. The van der Waals surface area contributed by atoms with Crippen LogP contribution in [-0.2, 0) is 4.74 Å². The lowest BCUT2D eigenvalue weighted by molar-refractivity contribution is 0.0422. The summed E-state index contributed by atoms with van der Waals surface area (Å²) in [6.07, 6.45) is 6.63. The number of para-hydroxylation sites is 1. The monoisotopic (exact) mass is 277 g/mol. The number of hydrogen-bond donors (Lipinski definition) is 1. The average molecular weight is 277 g/mol. The van der Waals surface area contributed by atoms with Crippen molar-refractivity contribution in [1.29, 1.82) is 0 Å². The molecular weight excluding hydrogens is 250 g/mol. The SMILES string of the molecule is CCCNC(COC1CCCC1)c1ccccc1OC. The molecule has 3 nitrogen and oxygen atoms in total. The normalized spacial score (nSPS) is 17.3. The highest BCUT2D eigenvalue weighted by atomic mass is 16.5. The Morgan fingerprint density at radius 2 is 2.00 bits per heavy atom. The Balaban J connectivity index is 2.01. The first kappa shape index (κ1) is 15.3. The van der Waals surface area contributed by atoms with E-state index >= 15 is 0 Å². The molecule has 2 rings (SSSR count). The van der Waals surface area contributed by atoms with E-state index in [1.807, 2.05) is 12.1 Å². The second-order valence-electron chi connectivity index (χ2n) is 5.49. The first-order valence-corrected chi connectivity index (χ1v) is 7.83. The third-order valence-electron chi connectivity index (χ3n) is 3.96. The van der Waals surface area contributed by atoms with Crippen molar-refractivity contribution in [2.45, 2.75) is 51.2 Å². The van der Waals surface area contributed by atoms with Crippen LogP contribution >= 0.6 is 0 Å². The summed E-state index contributed by atoms with van der Waals surface area (Å²) >= 11 is 0. The Morgan fingerprint density at radius 1 is 1.25 bits per heavy atom. The Kier molecular flexibility index (Phi) is 6.34. The van der Waals surface area contributed by atoms with Gasteiger partial charge in [0.2, 0.25) is 0 Å². The molecule has 0 spiro atoms. The van der Waals surface area contributed by atoms with Crippen molar-refractivity contribution >= 4 is 0 Å². The van der Waals surface area contributed by atoms with E-state index < -0.39 is 0 Å². The standard InChI is InChI=1S/C17H27NO2/c1-3-12-18-16(13-20-14-8-4-5-9-14)15-10-6-7-11-17(15)19-2/h6-7,10-11,14,16,18H,3-5,8-9,12-13H2,1-2H3. The van der Waals surface area contributed by atoms with Crippen LogP contribution in [0.3, 0.4) is 0 Å². The Morgan fingerprint density at radius 3 is 2.70 bits per heavy atom. The van der Waals surface area contributed by atoms with Gasteiger partial charge in [-0.1, -0.05) is 38.0 Å². The van der Waals surface area contributed by atoms with Crippen molar-refractivity contribution in [3.05, 3.63) is 29.8 Å². The predicted molar refractivity (Wildman–Crippen MR) is 82.2 cm³/mol. The molecule has 1 saturated carbocycles. The van der Waals surface area contributed by atoms with Crippen LogP contribution in [0.1, 0.15) is 50.6 Å². The molecule has 1 aromatic rings. The summed E-state index contributed by atoms with van der Waals surface area (Å²) in [6.45, 7) is 3.91. The number of rotatable bonds is 8. The molecule has 0 aromatic heterocycles. The molecule has 3 heteroatoms. The number of hydrogen-bond acceptors (Lipinski definition) is 3. The minimum Gasteiger partial charge on any atom is -0.496 e.